The van der Waals surface area contributed by atoms with Crippen LogP contribution in [0.2, 0.25) is 0 Å². The number of hydrogen-bond donors (Lipinski definition) is 0. The first-order valence-electron chi connectivity index (χ1n) is 22.0. The Kier molecular flexibility index (Phi) is 6.80. The summed E-state index contributed by atoms with van der Waals surface area (Å²) < 4.78 is 14.8. The van der Waals surface area contributed by atoms with E-state index in [2.05, 4.69) is 167 Å². The number of para-hydroxylation sites is 1. The Balaban J connectivity index is 1.20. The summed E-state index contributed by atoms with van der Waals surface area (Å²) in [4.78, 5) is 0. The maximum absolute atomic E-state index is 7.03. The van der Waals surface area contributed by atoms with Crippen molar-refractivity contribution in [1.82, 2.24) is 4.40 Å². The van der Waals surface area contributed by atoms with Gasteiger partial charge in [0.15, 0.2) is 12.4 Å². The molecule has 1 fully saturated rings. The highest BCUT2D eigenvalue weighted by atomic mass is 16.3. The number of rotatable bonds is 6. The molecule has 0 saturated heterocycles. The number of nitrogens with zero attached hydrogens (tertiary/aromatic N) is 3. The monoisotopic (exact) mass is 765 g/mol. The van der Waals surface area contributed by atoms with Crippen LogP contribution in [-0.4, -0.2) is 4.40 Å². The summed E-state index contributed by atoms with van der Waals surface area (Å²) in [6.45, 7) is 9.52. The van der Waals surface area contributed by atoms with Gasteiger partial charge in [-0.25, -0.2) is 0 Å². The van der Waals surface area contributed by atoms with Gasteiger partial charge in [0, 0.05) is 63.2 Å². The van der Waals surface area contributed by atoms with Gasteiger partial charge in [0.1, 0.15) is 16.6 Å². The minimum absolute atomic E-state index is 0.0349. The molecular formula is C55H47N3O+2. The van der Waals surface area contributed by atoms with Gasteiger partial charge in [0.25, 0.3) is 0 Å². The molecule has 0 N–H and O–H groups in total. The number of allylic oxidation sites excluding steroid dienone is 1. The first-order chi connectivity index (χ1) is 29.1. The second-order valence-electron chi connectivity index (χ2n) is 17.8. The van der Waals surface area contributed by atoms with E-state index in [9.17, 15) is 0 Å². The number of furan rings is 1. The first-order valence-corrected chi connectivity index (χ1v) is 22.0. The zero-order chi connectivity index (χ0) is 39.2. The van der Waals surface area contributed by atoms with E-state index in [1.807, 2.05) is 0 Å². The Morgan fingerprint density at radius 1 is 0.712 bits per heavy atom. The Morgan fingerprint density at radius 3 is 2.36 bits per heavy atom. The van der Waals surface area contributed by atoms with Crippen molar-refractivity contribution in [3.8, 4) is 22.5 Å². The third-order valence-corrected chi connectivity index (χ3v) is 15.6. The van der Waals surface area contributed by atoms with Crippen molar-refractivity contribution >= 4 is 60.0 Å². The predicted octanol–water partition coefficient (Wildman–Crippen LogP) is 12.9. The average molecular weight is 766 g/mol. The summed E-state index contributed by atoms with van der Waals surface area (Å²) >= 11 is 0. The fraction of sp³-hybridized carbons (Fsp3) is 0.236. The van der Waals surface area contributed by atoms with Crippen LogP contribution in [0.25, 0.3) is 82.5 Å². The van der Waals surface area contributed by atoms with Gasteiger partial charge in [-0.1, -0.05) is 94.6 Å². The van der Waals surface area contributed by atoms with Crippen LogP contribution < -0.4 is 9.13 Å². The van der Waals surface area contributed by atoms with E-state index in [0.717, 1.165) is 36.3 Å². The molecule has 1 aliphatic carbocycles. The number of aromatic nitrogens is 3. The topological polar surface area (TPSA) is 25.3 Å². The van der Waals surface area contributed by atoms with Gasteiger partial charge >= 0.3 is 0 Å². The molecule has 5 aromatic heterocycles. The molecule has 3 atom stereocenters. The molecule has 59 heavy (non-hydrogen) atoms. The smallest absolute Gasteiger partial charge is 0.213 e. The van der Waals surface area contributed by atoms with E-state index in [4.69, 9.17) is 11.0 Å². The number of hydrogen-bond acceptors (Lipinski definition) is 1. The van der Waals surface area contributed by atoms with Crippen molar-refractivity contribution in [3.63, 3.8) is 0 Å². The summed E-state index contributed by atoms with van der Waals surface area (Å²) in [6, 6.07) is 46.0. The van der Waals surface area contributed by atoms with Crippen LogP contribution in [-0.2, 0) is 17.4 Å². The molecule has 3 aliphatic rings. The molecule has 7 heterocycles. The minimum atomic E-state index is -0.435. The van der Waals surface area contributed by atoms with Gasteiger partial charge in [0.2, 0.25) is 23.0 Å². The summed E-state index contributed by atoms with van der Waals surface area (Å²) in [7, 11) is 0. The lowest BCUT2D eigenvalue weighted by molar-refractivity contribution is -0.781. The summed E-state index contributed by atoms with van der Waals surface area (Å²) in [6.07, 6.45) is 15.2. The maximum atomic E-state index is 7.03. The van der Waals surface area contributed by atoms with E-state index in [1.165, 1.54) is 114 Å². The highest BCUT2D eigenvalue weighted by Gasteiger charge is 2.69. The predicted molar refractivity (Wildman–Crippen MR) is 240 cm³/mol. The third-order valence-electron chi connectivity index (χ3n) is 15.6. The second-order valence-corrected chi connectivity index (χ2v) is 17.8. The van der Waals surface area contributed by atoms with Crippen LogP contribution in [0.4, 0.5) is 0 Å². The van der Waals surface area contributed by atoms with Crippen molar-refractivity contribution in [2.75, 3.05) is 0 Å². The lowest BCUT2D eigenvalue weighted by Gasteiger charge is -2.49. The fourth-order valence-corrected chi connectivity index (χ4v) is 13.2. The SMILES string of the molecule is C=CC1(CC)[n+]2ccccc2-c2cc3c4cc5c(oc6cccc(CC7CCCC7)c65)c5c6ccccc6n(c3cc2C1(CC)C1c2ccccc2-c2cccc[n+]21)c45. The van der Waals surface area contributed by atoms with Crippen LogP contribution in [0.15, 0.2) is 151 Å². The molecule has 0 spiro atoms. The van der Waals surface area contributed by atoms with Crippen molar-refractivity contribution in [2.24, 2.45) is 5.92 Å². The maximum Gasteiger partial charge on any atom is 0.213 e. The van der Waals surface area contributed by atoms with Crippen LogP contribution >= 0.6 is 0 Å². The number of fused-ring (bicyclic) bond motifs is 16. The summed E-state index contributed by atoms with van der Waals surface area (Å²) in [5.41, 5.74) is 14.3. The molecule has 3 unspecified atom stereocenters. The molecule has 2 aliphatic heterocycles. The van der Waals surface area contributed by atoms with E-state index >= 15 is 0 Å². The van der Waals surface area contributed by atoms with E-state index < -0.39 is 11.0 Å². The van der Waals surface area contributed by atoms with Gasteiger partial charge in [-0.3, -0.25) is 0 Å². The highest BCUT2D eigenvalue weighted by molar-refractivity contribution is 6.33. The molecule has 0 radical (unpaired) electrons. The molecule has 4 heteroatoms. The molecule has 13 rings (SSSR count). The minimum Gasteiger partial charge on any atom is -0.455 e. The number of benzene rings is 5. The molecule has 10 aromatic rings. The van der Waals surface area contributed by atoms with Gasteiger partial charge in [-0.05, 0) is 84.5 Å². The Hall–Kier alpha value is -6.26. The van der Waals surface area contributed by atoms with Gasteiger partial charge < -0.3 is 8.82 Å². The fourth-order valence-electron chi connectivity index (χ4n) is 13.2. The van der Waals surface area contributed by atoms with Crippen molar-refractivity contribution in [1.29, 1.82) is 0 Å². The number of pyridine rings is 2. The van der Waals surface area contributed by atoms with Crippen LogP contribution in [0.3, 0.4) is 0 Å². The van der Waals surface area contributed by atoms with Crippen LogP contribution in [0, 0.1) is 5.92 Å². The lowest BCUT2D eigenvalue weighted by atomic mass is 9.54. The van der Waals surface area contributed by atoms with Crippen molar-refractivity contribution < 1.29 is 13.6 Å². The molecule has 0 amide bonds. The first kappa shape index (κ1) is 33.7. The molecular weight excluding hydrogens is 719 g/mol. The average Bonchev–Trinajstić information content (AvgIpc) is 4.12. The van der Waals surface area contributed by atoms with Crippen molar-refractivity contribution in [3.05, 3.63) is 163 Å². The highest BCUT2D eigenvalue weighted by Crippen LogP contribution is 2.60. The second kappa shape index (κ2) is 11.9. The quantitative estimate of drug-likeness (QED) is 0.122. The standard InChI is InChI=1S/C55H47N3O/c1-4-54(5-2)55(6-3,53-37-22-10-9-21-36(37)44-24-13-15-28-56(44)53)43-33-47-39(31-41(43)45-25-14-16-29-57(45)54)40-32-42-49-35(30-34-18-7-8-19-34)20-17-27-48(49)59-52(42)50-38-23-11-12-26-46(38)58(47)51(40)50/h4,9-17,20-29,31-34,53H,1,5-8,18-19,30H2,2-3H3/q+2. The molecule has 1 saturated carbocycles. The van der Waals surface area contributed by atoms with Gasteiger partial charge in [-0.2, -0.15) is 9.13 Å². The molecule has 0 bridgehead atoms. The third kappa shape index (κ3) is 4.01. The zero-order valence-electron chi connectivity index (χ0n) is 33.8. The Bertz CT molecular complexity index is 3350. The Morgan fingerprint density at radius 2 is 1.51 bits per heavy atom. The summed E-state index contributed by atoms with van der Waals surface area (Å²) in [5, 5.41) is 7.61. The Labute approximate surface area is 344 Å². The molecule has 286 valence electrons. The van der Waals surface area contributed by atoms with Crippen LogP contribution in [0.5, 0.6) is 0 Å². The largest absolute Gasteiger partial charge is 0.455 e. The van der Waals surface area contributed by atoms with E-state index in [0.29, 0.717) is 0 Å². The van der Waals surface area contributed by atoms with Crippen molar-refractivity contribution in [2.45, 2.75) is 75.8 Å². The normalized spacial score (nSPS) is 21.3. The summed E-state index contributed by atoms with van der Waals surface area (Å²) in [5.74, 6) is 0.748. The van der Waals surface area contributed by atoms with Crippen LogP contribution in [0.1, 0.15) is 75.1 Å². The van der Waals surface area contributed by atoms with Gasteiger partial charge in [-0.15, -0.1) is 0 Å². The zero-order valence-corrected chi connectivity index (χ0v) is 33.8. The van der Waals surface area contributed by atoms with Gasteiger partial charge in [0.05, 0.1) is 33.1 Å². The van der Waals surface area contributed by atoms with E-state index in [-0.39, 0.29) is 6.04 Å². The molecule has 4 nitrogen and oxygen atoms in total. The molecule has 5 aromatic carbocycles. The van der Waals surface area contributed by atoms with E-state index in [1.54, 1.807) is 0 Å². The lowest BCUT2D eigenvalue weighted by Crippen LogP contribution is -2.73.